The van der Waals surface area contributed by atoms with Crippen molar-refractivity contribution in [2.45, 2.75) is 20.3 Å². The van der Waals surface area contributed by atoms with Crippen molar-refractivity contribution in [3.63, 3.8) is 0 Å². The van der Waals surface area contributed by atoms with E-state index in [1.54, 1.807) is 37.6 Å². The molecular formula is C21H21ClN2O3. The fraction of sp³-hybridized carbons (Fsp3) is 0.238. The van der Waals surface area contributed by atoms with Crippen LogP contribution in [0.15, 0.2) is 47.1 Å². The van der Waals surface area contributed by atoms with Gasteiger partial charge in [-0.05, 0) is 37.1 Å². The minimum absolute atomic E-state index is 0.0576. The molecule has 0 radical (unpaired) electrons. The first kappa shape index (κ1) is 19.0. The molecule has 2 aromatic carbocycles. The molecule has 2 amide bonds. The molecule has 140 valence electrons. The standard InChI is InChI=1S/C21H21ClN2O3/c1-13-8-9-16-15(12-27-21(16)14(13)2)10-20(26)24(3)11-19(25)23-18-7-5-4-6-17(18)22/h4-9,12H,10-11H2,1-3H3,(H,23,25). The van der Waals surface area contributed by atoms with Crippen LogP contribution in [0.2, 0.25) is 5.02 Å². The van der Waals surface area contributed by atoms with E-state index in [9.17, 15) is 9.59 Å². The molecule has 0 aliphatic heterocycles. The fourth-order valence-electron chi connectivity index (χ4n) is 2.88. The van der Waals surface area contributed by atoms with Gasteiger partial charge in [0, 0.05) is 18.0 Å². The van der Waals surface area contributed by atoms with E-state index in [0.717, 1.165) is 27.7 Å². The van der Waals surface area contributed by atoms with E-state index in [-0.39, 0.29) is 24.8 Å². The van der Waals surface area contributed by atoms with Gasteiger partial charge in [0.05, 0.1) is 29.9 Å². The molecule has 6 heteroatoms. The lowest BCUT2D eigenvalue weighted by Crippen LogP contribution is -2.35. The third-order valence-corrected chi connectivity index (χ3v) is 4.97. The maximum Gasteiger partial charge on any atom is 0.244 e. The summed E-state index contributed by atoms with van der Waals surface area (Å²) in [6, 6.07) is 11.0. The minimum atomic E-state index is -0.303. The van der Waals surface area contributed by atoms with Crippen molar-refractivity contribution in [2.24, 2.45) is 0 Å². The Hall–Kier alpha value is -2.79. The van der Waals surface area contributed by atoms with Crippen molar-refractivity contribution in [3.05, 3.63) is 64.4 Å². The zero-order chi connectivity index (χ0) is 19.6. The quantitative estimate of drug-likeness (QED) is 0.711. The van der Waals surface area contributed by atoms with Gasteiger partial charge in [0.1, 0.15) is 5.58 Å². The van der Waals surface area contributed by atoms with Crippen molar-refractivity contribution < 1.29 is 14.0 Å². The van der Waals surface area contributed by atoms with Crippen LogP contribution in [0.4, 0.5) is 5.69 Å². The van der Waals surface area contributed by atoms with E-state index in [0.29, 0.717) is 10.7 Å². The lowest BCUT2D eigenvalue weighted by molar-refractivity contribution is -0.132. The number of fused-ring (bicyclic) bond motifs is 1. The number of carbonyl (C=O) groups is 2. The van der Waals surface area contributed by atoms with Crippen LogP contribution in [0, 0.1) is 13.8 Å². The van der Waals surface area contributed by atoms with Gasteiger partial charge in [0.15, 0.2) is 0 Å². The molecule has 0 bridgehead atoms. The number of carbonyl (C=O) groups excluding carboxylic acids is 2. The number of halogens is 1. The van der Waals surface area contributed by atoms with Crippen LogP contribution in [-0.4, -0.2) is 30.3 Å². The van der Waals surface area contributed by atoms with Gasteiger partial charge in [-0.1, -0.05) is 35.9 Å². The van der Waals surface area contributed by atoms with Gasteiger partial charge in [-0.15, -0.1) is 0 Å². The Morgan fingerprint density at radius 1 is 1.15 bits per heavy atom. The van der Waals surface area contributed by atoms with Crippen molar-refractivity contribution in [3.8, 4) is 0 Å². The van der Waals surface area contributed by atoms with Crippen LogP contribution in [0.1, 0.15) is 16.7 Å². The molecule has 0 aliphatic rings. The molecule has 1 heterocycles. The summed E-state index contributed by atoms with van der Waals surface area (Å²) in [5.74, 6) is -0.465. The van der Waals surface area contributed by atoms with Gasteiger partial charge in [-0.2, -0.15) is 0 Å². The Morgan fingerprint density at radius 3 is 2.63 bits per heavy atom. The van der Waals surface area contributed by atoms with E-state index in [2.05, 4.69) is 5.32 Å². The van der Waals surface area contributed by atoms with Gasteiger partial charge in [0.25, 0.3) is 0 Å². The summed E-state index contributed by atoms with van der Waals surface area (Å²) in [6.07, 6.45) is 1.79. The zero-order valence-corrected chi connectivity index (χ0v) is 16.3. The molecule has 0 saturated heterocycles. The Balaban J connectivity index is 1.65. The monoisotopic (exact) mass is 384 g/mol. The molecule has 0 atom stereocenters. The first-order valence-corrected chi connectivity index (χ1v) is 8.99. The average molecular weight is 385 g/mol. The summed E-state index contributed by atoms with van der Waals surface area (Å²) in [7, 11) is 1.60. The number of rotatable bonds is 5. The number of amides is 2. The second kappa shape index (κ2) is 7.84. The molecule has 0 unspecified atom stereocenters. The number of furan rings is 1. The number of likely N-dealkylation sites (N-methyl/N-ethyl adjacent to an activating group) is 1. The molecule has 1 N–H and O–H groups in total. The van der Waals surface area contributed by atoms with Crippen molar-refractivity contribution in [2.75, 3.05) is 18.9 Å². The van der Waals surface area contributed by atoms with Gasteiger partial charge < -0.3 is 14.6 Å². The normalized spacial score (nSPS) is 10.8. The molecule has 0 aliphatic carbocycles. The van der Waals surface area contributed by atoms with Gasteiger partial charge in [0.2, 0.25) is 11.8 Å². The highest BCUT2D eigenvalue weighted by atomic mass is 35.5. The zero-order valence-electron chi connectivity index (χ0n) is 15.5. The van der Waals surface area contributed by atoms with Crippen LogP contribution >= 0.6 is 11.6 Å². The molecule has 0 fully saturated rings. The van der Waals surface area contributed by atoms with Gasteiger partial charge in [-0.25, -0.2) is 0 Å². The number of nitrogens with one attached hydrogen (secondary N) is 1. The number of hydrogen-bond acceptors (Lipinski definition) is 3. The van der Waals surface area contributed by atoms with E-state index >= 15 is 0 Å². The first-order chi connectivity index (χ1) is 12.9. The molecule has 3 rings (SSSR count). The van der Waals surface area contributed by atoms with Crippen LogP contribution in [0.5, 0.6) is 0 Å². The predicted molar refractivity (Wildman–Crippen MR) is 107 cm³/mol. The van der Waals surface area contributed by atoms with Crippen molar-refractivity contribution >= 4 is 40.1 Å². The smallest absolute Gasteiger partial charge is 0.244 e. The number of benzene rings is 2. The number of aryl methyl sites for hydroxylation is 2. The molecule has 0 spiro atoms. The maximum absolute atomic E-state index is 12.5. The third kappa shape index (κ3) is 4.14. The Morgan fingerprint density at radius 2 is 1.89 bits per heavy atom. The van der Waals surface area contributed by atoms with Crippen LogP contribution in [-0.2, 0) is 16.0 Å². The van der Waals surface area contributed by atoms with Crippen molar-refractivity contribution in [1.29, 1.82) is 0 Å². The van der Waals surface area contributed by atoms with Crippen LogP contribution in [0.25, 0.3) is 11.0 Å². The number of anilines is 1. The van der Waals surface area contributed by atoms with Crippen LogP contribution in [0.3, 0.4) is 0 Å². The predicted octanol–water partition coefficient (Wildman–Crippen LogP) is 4.34. The lowest BCUT2D eigenvalue weighted by atomic mass is 10.0. The lowest BCUT2D eigenvalue weighted by Gasteiger charge is -2.17. The van der Waals surface area contributed by atoms with E-state index < -0.39 is 0 Å². The van der Waals surface area contributed by atoms with Gasteiger partial charge in [-0.3, -0.25) is 9.59 Å². The second-order valence-electron chi connectivity index (χ2n) is 6.60. The summed E-state index contributed by atoms with van der Waals surface area (Å²) >= 11 is 6.04. The minimum Gasteiger partial charge on any atom is -0.464 e. The Kier molecular flexibility index (Phi) is 5.51. The molecule has 27 heavy (non-hydrogen) atoms. The molecule has 1 aromatic heterocycles. The Bertz CT molecular complexity index is 1010. The summed E-state index contributed by atoms with van der Waals surface area (Å²) in [5.41, 5.74) is 4.35. The van der Waals surface area contributed by atoms with E-state index in [1.807, 2.05) is 26.0 Å². The fourth-order valence-corrected chi connectivity index (χ4v) is 3.06. The van der Waals surface area contributed by atoms with Crippen molar-refractivity contribution in [1.82, 2.24) is 4.90 Å². The summed E-state index contributed by atoms with van der Waals surface area (Å²) in [5, 5.41) is 4.10. The summed E-state index contributed by atoms with van der Waals surface area (Å²) < 4.78 is 5.65. The molecule has 0 saturated carbocycles. The first-order valence-electron chi connectivity index (χ1n) is 8.61. The second-order valence-corrected chi connectivity index (χ2v) is 7.01. The SMILES string of the molecule is Cc1ccc2c(CC(=O)N(C)CC(=O)Nc3ccccc3Cl)coc2c1C. The highest BCUT2D eigenvalue weighted by molar-refractivity contribution is 6.33. The largest absolute Gasteiger partial charge is 0.464 e. The summed E-state index contributed by atoms with van der Waals surface area (Å²) in [4.78, 5) is 26.1. The summed E-state index contributed by atoms with van der Waals surface area (Å²) in [6.45, 7) is 3.96. The third-order valence-electron chi connectivity index (χ3n) is 4.64. The highest BCUT2D eigenvalue weighted by Crippen LogP contribution is 2.27. The molecule has 3 aromatic rings. The molecule has 5 nitrogen and oxygen atoms in total. The Labute approximate surface area is 162 Å². The number of nitrogens with zero attached hydrogens (tertiary/aromatic N) is 1. The number of hydrogen-bond donors (Lipinski definition) is 1. The number of para-hydroxylation sites is 1. The maximum atomic E-state index is 12.5. The molecular weight excluding hydrogens is 364 g/mol. The van der Waals surface area contributed by atoms with E-state index in [4.69, 9.17) is 16.0 Å². The van der Waals surface area contributed by atoms with Crippen LogP contribution < -0.4 is 5.32 Å². The highest BCUT2D eigenvalue weighted by Gasteiger charge is 2.17. The van der Waals surface area contributed by atoms with Gasteiger partial charge >= 0.3 is 0 Å². The average Bonchev–Trinajstić information content (AvgIpc) is 3.03. The topological polar surface area (TPSA) is 62.6 Å². The van der Waals surface area contributed by atoms with E-state index in [1.165, 1.54) is 4.90 Å².